The number of pyridine rings is 1. The van der Waals surface area contributed by atoms with Gasteiger partial charge in [-0.1, -0.05) is 0 Å². The average Bonchev–Trinajstić information content (AvgIpc) is 3.35. The van der Waals surface area contributed by atoms with Crippen LogP contribution in [0.25, 0.3) is 11.0 Å². The number of nitrogens with one attached hydrogen (secondary N) is 1. The van der Waals surface area contributed by atoms with E-state index in [-0.39, 0.29) is 5.91 Å². The van der Waals surface area contributed by atoms with Crippen molar-refractivity contribution in [3.8, 4) is 0 Å². The van der Waals surface area contributed by atoms with Crippen LogP contribution in [0.15, 0.2) is 24.4 Å². The van der Waals surface area contributed by atoms with Gasteiger partial charge in [-0.05, 0) is 43.0 Å². The summed E-state index contributed by atoms with van der Waals surface area (Å²) in [4.78, 5) is 31.8. The normalized spacial score (nSPS) is 18.4. The quantitative estimate of drug-likeness (QED) is 0.686. The maximum Gasteiger partial charge on any atom is 0.345 e. The molecular formula is C19H18N4O4S. The maximum atomic E-state index is 12.9. The van der Waals surface area contributed by atoms with Gasteiger partial charge in [-0.15, -0.1) is 11.3 Å². The summed E-state index contributed by atoms with van der Waals surface area (Å²) < 4.78 is 6.16. The molecule has 0 bridgehead atoms. The minimum atomic E-state index is -0.901. The Balaban J connectivity index is 1.36. The molecule has 9 heteroatoms. The highest BCUT2D eigenvalue weighted by Gasteiger charge is 2.43. The van der Waals surface area contributed by atoms with E-state index in [1.165, 1.54) is 11.3 Å². The number of aromatic nitrogens is 3. The number of hydrogen-bond donors (Lipinski definition) is 2. The fourth-order valence-corrected chi connectivity index (χ4v) is 5.33. The molecule has 3 aromatic heterocycles. The zero-order chi connectivity index (χ0) is 19.3. The Morgan fingerprint density at radius 1 is 1.29 bits per heavy atom. The van der Waals surface area contributed by atoms with Crippen LogP contribution in [-0.2, 0) is 16.8 Å². The minimum Gasteiger partial charge on any atom is -0.477 e. The average molecular weight is 398 g/mol. The van der Waals surface area contributed by atoms with E-state index in [1.54, 1.807) is 23.2 Å². The number of fused-ring (bicyclic) bond motifs is 3. The number of carbonyl (C=O) groups is 2. The van der Waals surface area contributed by atoms with E-state index >= 15 is 0 Å². The van der Waals surface area contributed by atoms with E-state index < -0.39 is 11.6 Å². The van der Waals surface area contributed by atoms with Crippen LogP contribution in [0.1, 0.15) is 43.4 Å². The number of carboxylic acids is 1. The molecule has 0 aromatic carbocycles. The Morgan fingerprint density at radius 2 is 2.11 bits per heavy atom. The van der Waals surface area contributed by atoms with Gasteiger partial charge in [0.05, 0.1) is 12.8 Å². The van der Waals surface area contributed by atoms with Crippen LogP contribution in [0.3, 0.4) is 0 Å². The molecule has 5 rings (SSSR count). The van der Waals surface area contributed by atoms with Gasteiger partial charge in [0.2, 0.25) is 0 Å². The van der Waals surface area contributed by atoms with Gasteiger partial charge >= 0.3 is 5.97 Å². The summed E-state index contributed by atoms with van der Waals surface area (Å²) in [6.07, 6.45) is 3.71. The summed E-state index contributed by atoms with van der Waals surface area (Å²) in [5, 5.41) is 16.9. The second kappa shape index (κ2) is 6.39. The van der Waals surface area contributed by atoms with Gasteiger partial charge in [-0.2, -0.15) is 5.10 Å². The van der Waals surface area contributed by atoms with Crippen molar-refractivity contribution in [2.75, 3.05) is 19.7 Å². The predicted octanol–water partition coefficient (Wildman–Crippen LogP) is 2.42. The largest absolute Gasteiger partial charge is 0.477 e. The number of aromatic carboxylic acids is 1. The molecule has 0 aliphatic carbocycles. The fraction of sp³-hybridized carbons (Fsp3) is 0.368. The van der Waals surface area contributed by atoms with Gasteiger partial charge in [0, 0.05) is 23.4 Å². The number of carbonyl (C=O) groups excluding carboxylic acids is 1. The third-order valence-electron chi connectivity index (χ3n) is 5.56. The molecular weight excluding hydrogens is 380 g/mol. The van der Waals surface area contributed by atoms with Gasteiger partial charge in [-0.3, -0.25) is 9.89 Å². The van der Waals surface area contributed by atoms with Crippen molar-refractivity contribution in [1.82, 2.24) is 20.1 Å². The highest BCUT2D eigenvalue weighted by Crippen LogP contribution is 2.45. The fourth-order valence-electron chi connectivity index (χ4n) is 4.08. The van der Waals surface area contributed by atoms with E-state index in [4.69, 9.17) is 4.74 Å². The number of amides is 1. The lowest BCUT2D eigenvalue weighted by atomic mass is 9.85. The Kier molecular flexibility index (Phi) is 3.95. The molecule has 0 saturated carbocycles. The molecule has 144 valence electrons. The standard InChI is InChI=1S/C19H18N4O4S/c24-17(13-2-1-12-10-20-22-16(12)21-13)23-6-4-19(5-7-23)15-11(3-8-27-19)9-14(28-15)18(25)26/h1-2,9-10H,3-8H2,(H,25,26)(H,20,21,22). The van der Waals surface area contributed by atoms with Crippen LogP contribution < -0.4 is 0 Å². The number of thiophene rings is 1. The lowest BCUT2D eigenvalue weighted by Gasteiger charge is -2.43. The molecule has 1 fully saturated rings. The Labute approximate surface area is 164 Å². The number of hydrogen-bond acceptors (Lipinski definition) is 6. The topological polar surface area (TPSA) is 108 Å². The van der Waals surface area contributed by atoms with Crippen molar-refractivity contribution in [3.05, 3.63) is 45.4 Å². The SMILES string of the molecule is O=C(O)c1cc2c(s1)C1(CCN(C(=O)c3ccc4cn[nH]c4n3)CC1)OCC2. The molecule has 5 heterocycles. The number of rotatable bonds is 2. The predicted molar refractivity (Wildman–Crippen MR) is 102 cm³/mol. The lowest BCUT2D eigenvalue weighted by molar-refractivity contribution is -0.0906. The van der Waals surface area contributed by atoms with Crippen LogP contribution in [0.5, 0.6) is 0 Å². The van der Waals surface area contributed by atoms with E-state index in [0.29, 0.717) is 48.8 Å². The first-order valence-corrected chi connectivity index (χ1v) is 9.97. The summed E-state index contributed by atoms with van der Waals surface area (Å²) >= 11 is 1.31. The molecule has 0 radical (unpaired) electrons. The molecule has 1 amide bonds. The van der Waals surface area contributed by atoms with E-state index in [2.05, 4.69) is 15.2 Å². The van der Waals surface area contributed by atoms with Gasteiger partial charge in [-0.25, -0.2) is 9.78 Å². The van der Waals surface area contributed by atoms with Crippen LogP contribution in [0.2, 0.25) is 0 Å². The first-order valence-electron chi connectivity index (χ1n) is 9.16. The molecule has 0 atom stereocenters. The molecule has 8 nitrogen and oxygen atoms in total. The summed E-state index contributed by atoms with van der Waals surface area (Å²) in [7, 11) is 0. The van der Waals surface area contributed by atoms with Gasteiger partial charge in [0.15, 0.2) is 5.65 Å². The second-order valence-corrected chi connectivity index (χ2v) is 8.21. The molecule has 2 aliphatic rings. The van der Waals surface area contributed by atoms with E-state index in [1.807, 2.05) is 6.07 Å². The van der Waals surface area contributed by atoms with Gasteiger partial charge in [0.25, 0.3) is 5.91 Å². The first-order chi connectivity index (χ1) is 13.6. The Morgan fingerprint density at radius 3 is 2.89 bits per heavy atom. The zero-order valence-corrected chi connectivity index (χ0v) is 15.8. The van der Waals surface area contributed by atoms with Crippen LogP contribution in [-0.4, -0.2) is 56.8 Å². The number of aromatic amines is 1. The molecule has 3 aromatic rings. The lowest BCUT2D eigenvalue weighted by Crippen LogP contribution is -2.48. The zero-order valence-electron chi connectivity index (χ0n) is 15.0. The molecule has 1 saturated heterocycles. The first kappa shape index (κ1) is 17.3. The third-order valence-corrected chi connectivity index (χ3v) is 6.91. The van der Waals surface area contributed by atoms with Crippen molar-refractivity contribution < 1.29 is 19.4 Å². The van der Waals surface area contributed by atoms with Crippen LogP contribution in [0.4, 0.5) is 0 Å². The molecule has 28 heavy (non-hydrogen) atoms. The minimum absolute atomic E-state index is 0.111. The molecule has 2 N–H and O–H groups in total. The van der Waals surface area contributed by atoms with Crippen molar-refractivity contribution in [2.45, 2.75) is 24.9 Å². The monoisotopic (exact) mass is 398 g/mol. The molecule has 2 aliphatic heterocycles. The Bertz CT molecular complexity index is 1080. The van der Waals surface area contributed by atoms with Crippen LogP contribution >= 0.6 is 11.3 Å². The van der Waals surface area contributed by atoms with Gasteiger partial charge < -0.3 is 14.7 Å². The summed E-state index contributed by atoms with van der Waals surface area (Å²) in [5.41, 5.74) is 1.57. The third kappa shape index (κ3) is 2.70. The van der Waals surface area contributed by atoms with E-state index in [9.17, 15) is 14.7 Å². The van der Waals surface area contributed by atoms with Crippen LogP contribution in [0, 0.1) is 0 Å². The summed E-state index contributed by atoms with van der Waals surface area (Å²) in [5.74, 6) is -1.01. The second-order valence-electron chi connectivity index (χ2n) is 7.16. The number of piperidine rings is 1. The van der Waals surface area contributed by atoms with Crippen molar-refractivity contribution >= 4 is 34.2 Å². The number of ether oxygens (including phenoxy) is 1. The highest BCUT2D eigenvalue weighted by atomic mass is 32.1. The number of likely N-dealkylation sites (tertiary alicyclic amines) is 1. The molecule has 0 unspecified atom stereocenters. The smallest absolute Gasteiger partial charge is 0.345 e. The van der Waals surface area contributed by atoms with Crippen molar-refractivity contribution in [1.29, 1.82) is 0 Å². The Hall–Kier alpha value is -2.78. The summed E-state index contributed by atoms with van der Waals surface area (Å²) in [6, 6.07) is 5.33. The highest BCUT2D eigenvalue weighted by molar-refractivity contribution is 7.14. The number of carboxylic acid groups (broad SMARTS) is 1. The van der Waals surface area contributed by atoms with Gasteiger partial charge in [0.1, 0.15) is 16.2 Å². The number of nitrogens with zero attached hydrogens (tertiary/aromatic N) is 3. The number of H-pyrrole nitrogens is 1. The van der Waals surface area contributed by atoms with E-state index in [0.717, 1.165) is 22.2 Å². The molecule has 1 spiro atoms. The van der Waals surface area contributed by atoms with Crippen molar-refractivity contribution in [2.24, 2.45) is 0 Å². The van der Waals surface area contributed by atoms with Crippen molar-refractivity contribution in [3.63, 3.8) is 0 Å². The maximum absolute atomic E-state index is 12.9. The summed E-state index contributed by atoms with van der Waals surface area (Å²) in [6.45, 7) is 1.66.